The van der Waals surface area contributed by atoms with Gasteiger partial charge < -0.3 is 5.11 Å². The number of nitrogens with one attached hydrogen (secondary N) is 1. The van der Waals surface area contributed by atoms with Gasteiger partial charge in [0.15, 0.2) is 5.65 Å². The van der Waals surface area contributed by atoms with Gasteiger partial charge in [-0.1, -0.05) is 35.2 Å². The average molecular weight is 478 g/mol. The first-order valence-electron chi connectivity index (χ1n) is 9.04. The van der Waals surface area contributed by atoms with Crippen LogP contribution in [0.3, 0.4) is 0 Å². The summed E-state index contributed by atoms with van der Waals surface area (Å²) in [5, 5.41) is 12.7. The predicted molar refractivity (Wildman–Crippen MR) is 116 cm³/mol. The van der Waals surface area contributed by atoms with Gasteiger partial charge in [0, 0.05) is 17.3 Å². The molecule has 4 aromatic rings. The van der Waals surface area contributed by atoms with E-state index >= 15 is 0 Å². The van der Waals surface area contributed by atoms with Crippen molar-refractivity contribution in [3.8, 4) is 39.8 Å². The van der Waals surface area contributed by atoms with E-state index in [2.05, 4.69) is 21.9 Å². The molecule has 2 aromatic carbocycles. The van der Waals surface area contributed by atoms with Gasteiger partial charge in [-0.3, -0.25) is 9.89 Å². The largest absolute Gasteiger partial charge is 0.507 e. The molecule has 0 atom stereocenters. The quantitative estimate of drug-likeness (QED) is 0.360. The molecule has 2 aromatic heterocycles. The summed E-state index contributed by atoms with van der Waals surface area (Å²) in [5.41, 5.74) is -1.98. The first kappa shape index (κ1) is 21.8. The fourth-order valence-corrected chi connectivity index (χ4v) is 3.61. The molecule has 0 fully saturated rings. The Balaban J connectivity index is 1.99. The Morgan fingerprint density at radius 1 is 1.09 bits per heavy atom. The molecule has 0 aliphatic heterocycles. The standard InChI is InChI=1S/C22H12Cl2F3N3O2/c1-2-3-11-4-6-13(17(31)8-11)14-10-28-20-18(12-5-7-15(23)16(24)9-12)19(22(25,26)27)29-30(20)21(14)32/h4-10,29,31H,1H3. The highest BCUT2D eigenvalue weighted by molar-refractivity contribution is 6.42. The molecule has 5 nitrogen and oxygen atoms in total. The molecule has 4 rings (SSSR count). The lowest BCUT2D eigenvalue weighted by molar-refractivity contribution is -0.140. The second-order valence-corrected chi connectivity index (χ2v) is 7.55. The Bertz CT molecular complexity index is 1490. The summed E-state index contributed by atoms with van der Waals surface area (Å²) in [6, 6.07) is 8.36. The number of aromatic amines is 1. The number of hydrogen-bond donors (Lipinski definition) is 2. The van der Waals surface area contributed by atoms with Crippen LogP contribution in [-0.4, -0.2) is 19.7 Å². The van der Waals surface area contributed by atoms with Gasteiger partial charge in [-0.2, -0.15) is 17.7 Å². The summed E-state index contributed by atoms with van der Waals surface area (Å²) in [5.74, 6) is 5.20. The van der Waals surface area contributed by atoms with Crippen molar-refractivity contribution in [3.05, 3.63) is 74.3 Å². The van der Waals surface area contributed by atoms with Crippen LogP contribution in [0.4, 0.5) is 13.2 Å². The molecule has 0 saturated carbocycles. The molecular weight excluding hydrogens is 466 g/mol. The lowest BCUT2D eigenvalue weighted by Gasteiger charge is -2.08. The third kappa shape index (κ3) is 3.70. The number of halogens is 5. The van der Waals surface area contributed by atoms with Crippen LogP contribution in [0.1, 0.15) is 18.2 Å². The molecule has 2 heterocycles. The van der Waals surface area contributed by atoms with E-state index in [4.69, 9.17) is 23.2 Å². The summed E-state index contributed by atoms with van der Waals surface area (Å²) < 4.78 is 42.1. The second kappa shape index (κ2) is 7.93. The van der Waals surface area contributed by atoms with Gasteiger partial charge in [-0.15, -0.1) is 5.92 Å². The lowest BCUT2D eigenvalue weighted by atomic mass is 10.0. The van der Waals surface area contributed by atoms with Crippen LogP contribution in [-0.2, 0) is 6.18 Å². The van der Waals surface area contributed by atoms with Crippen molar-refractivity contribution < 1.29 is 18.3 Å². The highest BCUT2D eigenvalue weighted by Crippen LogP contribution is 2.40. The van der Waals surface area contributed by atoms with E-state index in [1.165, 1.54) is 30.3 Å². The van der Waals surface area contributed by atoms with Crippen LogP contribution in [0.25, 0.3) is 27.9 Å². The van der Waals surface area contributed by atoms with Crippen molar-refractivity contribution in [2.75, 3.05) is 0 Å². The summed E-state index contributed by atoms with van der Waals surface area (Å²) in [6.07, 6.45) is -3.70. The Labute approximate surface area is 189 Å². The van der Waals surface area contributed by atoms with E-state index in [0.29, 0.717) is 10.1 Å². The Kier molecular flexibility index (Phi) is 5.41. The maximum absolute atomic E-state index is 13.8. The third-order valence-corrected chi connectivity index (χ3v) is 5.45. The Morgan fingerprint density at radius 3 is 2.47 bits per heavy atom. The van der Waals surface area contributed by atoms with E-state index in [-0.39, 0.29) is 43.7 Å². The summed E-state index contributed by atoms with van der Waals surface area (Å²) in [7, 11) is 0. The first-order chi connectivity index (χ1) is 15.1. The van der Waals surface area contributed by atoms with Crippen molar-refractivity contribution in [3.63, 3.8) is 0 Å². The number of aromatic hydroxyl groups is 1. The third-order valence-electron chi connectivity index (χ3n) is 4.71. The Morgan fingerprint density at radius 2 is 1.84 bits per heavy atom. The number of H-pyrrole nitrogens is 1. The molecule has 2 N–H and O–H groups in total. The molecule has 0 bridgehead atoms. The molecule has 162 valence electrons. The molecular formula is C22H12Cl2F3N3O2. The number of phenols is 1. The number of hydrogen-bond acceptors (Lipinski definition) is 3. The second-order valence-electron chi connectivity index (χ2n) is 6.73. The normalized spacial score (nSPS) is 11.4. The maximum atomic E-state index is 13.8. The van der Waals surface area contributed by atoms with E-state index < -0.39 is 17.4 Å². The van der Waals surface area contributed by atoms with Crippen LogP contribution < -0.4 is 5.56 Å². The van der Waals surface area contributed by atoms with Crippen molar-refractivity contribution >= 4 is 28.8 Å². The molecule has 0 unspecified atom stereocenters. The van der Waals surface area contributed by atoms with Gasteiger partial charge in [-0.05, 0) is 42.8 Å². The number of phenolic OH excluding ortho intramolecular Hbond substituents is 1. The van der Waals surface area contributed by atoms with Gasteiger partial charge in [0.25, 0.3) is 5.56 Å². The molecule has 0 spiro atoms. The van der Waals surface area contributed by atoms with Gasteiger partial charge in [0.1, 0.15) is 11.4 Å². The van der Waals surface area contributed by atoms with Crippen molar-refractivity contribution in [1.82, 2.24) is 14.6 Å². The maximum Gasteiger partial charge on any atom is 0.433 e. The molecule has 0 amide bonds. The lowest BCUT2D eigenvalue weighted by Crippen LogP contribution is -2.18. The van der Waals surface area contributed by atoms with E-state index in [1.54, 1.807) is 13.0 Å². The minimum atomic E-state index is -4.82. The highest BCUT2D eigenvalue weighted by atomic mass is 35.5. The van der Waals surface area contributed by atoms with Crippen molar-refractivity contribution in [2.45, 2.75) is 13.1 Å². The molecule has 10 heteroatoms. The van der Waals surface area contributed by atoms with Crippen LogP contribution in [0, 0.1) is 11.8 Å². The summed E-state index contributed by atoms with van der Waals surface area (Å²) in [4.78, 5) is 17.2. The monoisotopic (exact) mass is 477 g/mol. The SMILES string of the molecule is CC#Cc1ccc(-c2cnc3c(-c4ccc(Cl)c(Cl)c4)c(C(F)(F)F)[nH]n3c2=O)c(O)c1. The Hall–Kier alpha value is -3.41. The number of alkyl halides is 3. The van der Waals surface area contributed by atoms with Crippen LogP contribution in [0.5, 0.6) is 5.75 Å². The van der Waals surface area contributed by atoms with Gasteiger partial charge >= 0.3 is 6.18 Å². The van der Waals surface area contributed by atoms with E-state index in [1.807, 2.05) is 0 Å². The summed E-state index contributed by atoms with van der Waals surface area (Å²) in [6.45, 7) is 1.63. The highest BCUT2D eigenvalue weighted by Gasteiger charge is 2.38. The molecule has 0 saturated heterocycles. The number of nitrogens with zero attached hydrogens (tertiary/aromatic N) is 2. The summed E-state index contributed by atoms with van der Waals surface area (Å²) >= 11 is 11.9. The minimum absolute atomic E-state index is 0.0517. The molecule has 0 aliphatic carbocycles. The van der Waals surface area contributed by atoms with E-state index in [0.717, 1.165) is 6.20 Å². The molecule has 0 radical (unpaired) electrons. The van der Waals surface area contributed by atoms with Crippen LogP contribution >= 0.6 is 23.2 Å². The minimum Gasteiger partial charge on any atom is -0.507 e. The van der Waals surface area contributed by atoms with Gasteiger partial charge in [-0.25, -0.2) is 4.98 Å². The zero-order valence-corrected chi connectivity index (χ0v) is 17.7. The number of fused-ring (bicyclic) bond motifs is 1. The number of benzene rings is 2. The van der Waals surface area contributed by atoms with Gasteiger partial charge in [0.05, 0.1) is 21.2 Å². The van der Waals surface area contributed by atoms with Crippen molar-refractivity contribution in [1.29, 1.82) is 0 Å². The first-order valence-corrected chi connectivity index (χ1v) is 9.80. The predicted octanol–water partition coefficient (Wildman–Crippen LogP) is 5.76. The van der Waals surface area contributed by atoms with Crippen LogP contribution in [0.15, 0.2) is 47.4 Å². The smallest absolute Gasteiger partial charge is 0.433 e. The van der Waals surface area contributed by atoms with Gasteiger partial charge in [0.2, 0.25) is 0 Å². The zero-order valence-electron chi connectivity index (χ0n) is 16.2. The topological polar surface area (TPSA) is 70.4 Å². The fourth-order valence-electron chi connectivity index (χ4n) is 3.31. The van der Waals surface area contributed by atoms with Crippen molar-refractivity contribution in [2.24, 2.45) is 0 Å². The van der Waals surface area contributed by atoms with Crippen LogP contribution in [0.2, 0.25) is 10.0 Å². The number of rotatable bonds is 2. The molecule has 0 aliphatic rings. The molecule has 32 heavy (non-hydrogen) atoms. The average Bonchev–Trinajstić information content (AvgIpc) is 3.12. The number of aromatic nitrogens is 3. The fraction of sp³-hybridized carbons (Fsp3) is 0.0909. The van der Waals surface area contributed by atoms with E-state index in [9.17, 15) is 23.1 Å². The zero-order chi connectivity index (χ0) is 23.2.